The molecule has 164 valence electrons. The van der Waals surface area contributed by atoms with Crippen molar-refractivity contribution < 1.29 is 13.2 Å². The number of fused-ring (bicyclic) bond motifs is 1. The van der Waals surface area contributed by atoms with Crippen molar-refractivity contribution in [3.63, 3.8) is 0 Å². The van der Waals surface area contributed by atoms with Gasteiger partial charge >= 0.3 is 0 Å². The zero-order valence-corrected chi connectivity index (χ0v) is 18.4. The van der Waals surface area contributed by atoms with Gasteiger partial charge in [-0.05, 0) is 36.8 Å². The van der Waals surface area contributed by atoms with E-state index in [0.29, 0.717) is 5.52 Å². The lowest BCUT2D eigenvalue weighted by Crippen LogP contribution is -2.43. The monoisotopic (exact) mass is 441 g/mol. The van der Waals surface area contributed by atoms with Gasteiger partial charge in [0.25, 0.3) is 10.0 Å². The number of benzene rings is 2. The normalized spacial score (nSPS) is 20.0. The van der Waals surface area contributed by atoms with Gasteiger partial charge in [0.15, 0.2) is 5.82 Å². The molecule has 1 atom stereocenters. The van der Waals surface area contributed by atoms with Gasteiger partial charge in [-0.25, -0.2) is 0 Å². The summed E-state index contributed by atoms with van der Waals surface area (Å²) in [5.74, 6) is 0.722. The van der Waals surface area contributed by atoms with E-state index in [4.69, 9.17) is 4.74 Å². The Morgan fingerprint density at radius 1 is 1.03 bits per heavy atom. The van der Waals surface area contributed by atoms with E-state index in [1.54, 1.807) is 25.3 Å². The van der Waals surface area contributed by atoms with Crippen LogP contribution in [0, 0.1) is 0 Å². The van der Waals surface area contributed by atoms with Crippen LogP contribution in [0.25, 0.3) is 10.9 Å². The minimum atomic E-state index is -3.85. The van der Waals surface area contributed by atoms with E-state index in [0.717, 1.165) is 62.6 Å². The third kappa shape index (κ3) is 3.66. The van der Waals surface area contributed by atoms with Crippen molar-refractivity contribution in [3.8, 4) is 0 Å². The molecule has 2 aliphatic heterocycles. The Kier molecular flexibility index (Phi) is 5.33. The second-order valence-electron chi connectivity index (χ2n) is 8.02. The van der Waals surface area contributed by atoms with E-state index in [1.807, 2.05) is 30.3 Å². The van der Waals surface area contributed by atoms with Crippen molar-refractivity contribution in [1.29, 1.82) is 0 Å². The number of aromatic nitrogens is 2. The van der Waals surface area contributed by atoms with Gasteiger partial charge in [-0.2, -0.15) is 12.5 Å². The van der Waals surface area contributed by atoms with Crippen molar-refractivity contribution >= 4 is 32.4 Å². The van der Waals surface area contributed by atoms with Crippen LogP contribution in [0.1, 0.15) is 6.42 Å². The van der Waals surface area contributed by atoms with E-state index in [2.05, 4.69) is 20.2 Å². The van der Waals surface area contributed by atoms with Crippen LogP contribution >= 0.6 is 0 Å². The van der Waals surface area contributed by atoms with E-state index in [1.165, 1.54) is 4.09 Å². The lowest BCUT2D eigenvalue weighted by atomic mass is 10.2. The van der Waals surface area contributed by atoms with Crippen LogP contribution in [-0.4, -0.2) is 70.1 Å². The summed E-state index contributed by atoms with van der Waals surface area (Å²) in [6, 6.07) is 14.7. The maximum Gasteiger partial charge on any atom is 0.283 e. The quantitative estimate of drug-likeness (QED) is 0.648. The summed E-state index contributed by atoms with van der Waals surface area (Å²) in [6.45, 7) is 4.92. The first-order valence-corrected chi connectivity index (χ1v) is 12.1. The third-order valence-corrected chi connectivity index (χ3v) is 7.72. The van der Waals surface area contributed by atoms with Gasteiger partial charge in [0.05, 0.1) is 16.5 Å². The SMILES string of the molecule is COC1CCN(c2cccc(S(=O)(=O)n3nc(N4CCNCC4)c4ccccc43)c2)C1. The minimum Gasteiger partial charge on any atom is -0.380 e. The molecule has 0 radical (unpaired) electrons. The fourth-order valence-corrected chi connectivity index (χ4v) is 5.74. The van der Waals surface area contributed by atoms with Crippen molar-refractivity contribution in [3.05, 3.63) is 48.5 Å². The molecule has 1 N–H and O–H groups in total. The zero-order chi connectivity index (χ0) is 21.4. The number of rotatable bonds is 5. The zero-order valence-electron chi connectivity index (χ0n) is 17.6. The maximum absolute atomic E-state index is 13.7. The predicted molar refractivity (Wildman–Crippen MR) is 121 cm³/mol. The Balaban J connectivity index is 1.55. The molecule has 2 aromatic carbocycles. The molecule has 9 heteroatoms. The average molecular weight is 442 g/mol. The smallest absolute Gasteiger partial charge is 0.283 e. The van der Waals surface area contributed by atoms with Crippen LogP contribution in [0.5, 0.6) is 0 Å². The number of piperazine rings is 1. The molecule has 0 aliphatic carbocycles. The van der Waals surface area contributed by atoms with Crippen molar-refractivity contribution in [2.45, 2.75) is 17.4 Å². The highest BCUT2D eigenvalue weighted by Gasteiger charge is 2.27. The number of nitrogens with one attached hydrogen (secondary N) is 1. The van der Waals surface area contributed by atoms with Gasteiger partial charge in [0, 0.05) is 57.5 Å². The topological polar surface area (TPSA) is 79.7 Å². The number of ether oxygens (including phenoxy) is 1. The van der Waals surface area contributed by atoms with Crippen LogP contribution in [-0.2, 0) is 14.8 Å². The number of methoxy groups -OCH3 is 1. The number of para-hydroxylation sites is 1. The molecule has 8 nitrogen and oxygen atoms in total. The highest BCUT2D eigenvalue weighted by molar-refractivity contribution is 7.90. The van der Waals surface area contributed by atoms with Crippen molar-refractivity contribution in [2.24, 2.45) is 0 Å². The van der Waals surface area contributed by atoms with Gasteiger partial charge in [-0.3, -0.25) is 0 Å². The molecule has 3 aromatic rings. The highest BCUT2D eigenvalue weighted by Crippen LogP contribution is 2.31. The van der Waals surface area contributed by atoms with Crippen LogP contribution in [0.3, 0.4) is 0 Å². The summed E-state index contributed by atoms with van der Waals surface area (Å²) in [7, 11) is -2.13. The summed E-state index contributed by atoms with van der Waals surface area (Å²) >= 11 is 0. The van der Waals surface area contributed by atoms with E-state index in [-0.39, 0.29) is 11.0 Å². The predicted octanol–water partition coefficient (Wildman–Crippen LogP) is 1.91. The van der Waals surface area contributed by atoms with Gasteiger partial charge in [-0.1, -0.05) is 18.2 Å². The van der Waals surface area contributed by atoms with Crippen LogP contribution in [0.4, 0.5) is 11.5 Å². The van der Waals surface area contributed by atoms with Gasteiger partial charge < -0.3 is 19.9 Å². The van der Waals surface area contributed by atoms with Gasteiger partial charge in [-0.15, -0.1) is 5.10 Å². The minimum absolute atomic E-state index is 0.178. The third-order valence-electron chi connectivity index (χ3n) is 6.14. The molecule has 2 aliphatic rings. The molecular formula is C22H27N5O3S. The summed E-state index contributed by atoms with van der Waals surface area (Å²) in [5.41, 5.74) is 1.49. The van der Waals surface area contributed by atoms with Crippen molar-refractivity contribution in [2.75, 3.05) is 56.2 Å². The fourth-order valence-electron chi connectivity index (χ4n) is 4.41. The summed E-state index contributed by atoms with van der Waals surface area (Å²) in [6.07, 6.45) is 1.11. The average Bonchev–Trinajstić information content (AvgIpc) is 3.45. The first kappa shape index (κ1) is 20.3. The summed E-state index contributed by atoms with van der Waals surface area (Å²) in [4.78, 5) is 4.56. The standard InChI is InChI=1S/C22H27N5O3S/c1-30-18-9-12-26(16-18)17-5-4-6-19(15-17)31(28,29)27-21-8-3-2-7-20(21)22(24-27)25-13-10-23-11-14-25/h2-8,15,18,23H,9-14,16H2,1H3. The molecule has 0 saturated carbocycles. The molecule has 1 unspecified atom stereocenters. The second-order valence-corrected chi connectivity index (χ2v) is 9.78. The Morgan fingerprint density at radius 2 is 1.84 bits per heavy atom. The lowest BCUT2D eigenvalue weighted by Gasteiger charge is -2.27. The van der Waals surface area contributed by atoms with Gasteiger partial charge in [0.1, 0.15) is 0 Å². The highest BCUT2D eigenvalue weighted by atomic mass is 32.2. The molecule has 1 aromatic heterocycles. The van der Waals surface area contributed by atoms with E-state index < -0.39 is 10.0 Å². The fraction of sp³-hybridized carbons (Fsp3) is 0.409. The Hall–Kier alpha value is -2.62. The lowest BCUT2D eigenvalue weighted by molar-refractivity contribution is 0.121. The molecule has 31 heavy (non-hydrogen) atoms. The van der Waals surface area contributed by atoms with E-state index in [9.17, 15) is 8.42 Å². The number of hydrogen-bond donors (Lipinski definition) is 1. The Bertz CT molecular complexity index is 1190. The van der Waals surface area contributed by atoms with Crippen LogP contribution < -0.4 is 15.1 Å². The van der Waals surface area contributed by atoms with E-state index >= 15 is 0 Å². The molecule has 0 amide bonds. The Morgan fingerprint density at radius 3 is 2.61 bits per heavy atom. The summed E-state index contributed by atoms with van der Waals surface area (Å²) < 4.78 is 34.0. The molecule has 0 bridgehead atoms. The number of anilines is 2. The Labute approximate surface area is 182 Å². The molecule has 5 rings (SSSR count). The first-order valence-electron chi connectivity index (χ1n) is 10.6. The molecule has 0 spiro atoms. The van der Waals surface area contributed by atoms with Gasteiger partial charge in [0.2, 0.25) is 0 Å². The molecular weight excluding hydrogens is 414 g/mol. The summed E-state index contributed by atoms with van der Waals surface area (Å²) in [5, 5.41) is 8.79. The first-order chi connectivity index (χ1) is 15.1. The number of nitrogens with zero attached hydrogens (tertiary/aromatic N) is 4. The maximum atomic E-state index is 13.7. The second kappa shape index (κ2) is 8.14. The van der Waals surface area contributed by atoms with Crippen LogP contribution in [0.15, 0.2) is 53.4 Å². The molecule has 2 fully saturated rings. The largest absolute Gasteiger partial charge is 0.380 e. The molecule has 2 saturated heterocycles. The van der Waals surface area contributed by atoms with Crippen molar-refractivity contribution in [1.82, 2.24) is 14.5 Å². The number of hydrogen-bond acceptors (Lipinski definition) is 7. The molecule has 3 heterocycles. The van der Waals surface area contributed by atoms with Crippen LogP contribution in [0.2, 0.25) is 0 Å².